The molecular formula is C14H14BrCl2NOS. The first-order chi connectivity index (χ1) is 9.56. The van der Waals surface area contributed by atoms with Gasteiger partial charge < -0.3 is 10.1 Å². The summed E-state index contributed by atoms with van der Waals surface area (Å²) in [5.74, 6) is 0.806. The average molecular weight is 395 g/mol. The van der Waals surface area contributed by atoms with Crippen LogP contribution in [-0.4, -0.2) is 13.7 Å². The predicted octanol–water partition coefficient (Wildman–Crippen LogP) is 5.52. The summed E-state index contributed by atoms with van der Waals surface area (Å²) in [5.41, 5.74) is 1.01. The fourth-order valence-corrected chi connectivity index (χ4v) is 4.03. The molecule has 0 aliphatic carbocycles. The zero-order valence-electron chi connectivity index (χ0n) is 11.0. The van der Waals surface area contributed by atoms with Gasteiger partial charge in [-0.1, -0.05) is 30.1 Å². The molecule has 2 aromatic rings. The highest BCUT2D eigenvalue weighted by Gasteiger charge is 2.21. The third-order valence-corrected chi connectivity index (χ3v) is 5.63. The molecule has 0 amide bonds. The van der Waals surface area contributed by atoms with Crippen LogP contribution in [0.1, 0.15) is 23.4 Å². The molecule has 1 unspecified atom stereocenters. The Morgan fingerprint density at radius 2 is 2.10 bits per heavy atom. The van der Waals surface area contributed by atoms with Gasteiger partial charge in [0.1, 0.15) is 5.75 Å². The van der Waals surface area contributed by atoms with E-state index in [-0.39, 0.29) is 6.04 Å². The van der Waals surface area contributed by atoms with Gasteiger partial charge in [0.2, 0.25) is 0 Å². The molecule has 0 spiro atoms. The zero-order valence-corrected chi connectivity index (χ0v) is 15.0. The summed E-state index contributed by atoms with van der Waals surface area (Å²) in [4.78, 5) is 1.12. The third kappa shape index (κ3) is 3.49. The minimum absolute atomic E-state index is 0.00227. The lowest BCUT2D eigenvalue weighted by molar-refractivity contribution is 0.404. The van der Waals surface area contributed by atoms with Crippen LogP contribution in [0.5, 0.6) is 5.75 Å². The Bertz CT molecular complexity index is 583. The first-order valence-corrected chi connectivity index (χ1v) is 8.45. The van der Waals surface area contributed by atoms with Gasteiger partial charge >= 0.3 is 0 Å². The van der Waals surface area contributed by atoms with E-state index in [0.29, 0.717) is 10.0 Å². The van der Waals surface area contributed by atoms with Crippen LogP contribution in [-0.2, 0) is 0 Å². The molecule has 1 N–H and O–H groups in total. The predicted molar refractivity (Wildman–Crippen MR) is 90.6 cm³/mol. The maximum Gasteiger partial charge on any atom is 0.124 e. The van der Waals surface area contributed by atoms with Crippen LogP contribution in [0.15, 0.2) is 28.1 Å². The van der Waals surface area contributed by atoms with Crippen molar-refractivity contribution in [1.82, 2.24) is 5.32 Å². The minimum Gasteiger partial charge on any atom is -0.496 e. The highest BCUT2D eigenvalue weighted by Crippen LogP contribution is 2.40. The van der Waals surface area contributed by atoms with Gasteiger partial charge in [-0.3, -0.25) is 0 Å². The summed E-state index contributed by atoms with van der Waals surface area (Å²) >= 11 is 17.3. The maximum absolute atomic E-state index is 6.14. The Kier molecular flexibility index (Phi) is 5.75. The Hall–Kier alpha value is -0.260. The second kappa shape index (κ2) is 7.14. The van der Waals surface area contributed by atoms with Crippen molar-refractivity contribution in [3.63, 3.8) is 0 Å². The SMILES string of the molecule is CCNC(c1cc(Cl)c(Br)s1)c1cc(Cl)ccc1OC. The number of halogens is 3. The summed E-state index contributed by atoms with van der Waals surface area (Å²) in [7, 11) is 1.66. The number of rotatable bonds is 5. The van der Waals surface area contributed by atoms with Crippen LogP contribution in [0, 0.1) is 0 Å². The standard InChI is InChI=1S/C14H14BrCl2NOS/c1-3-18-13(12-7-10(17)14(15)20-12)9-6-8(16)4-5-11(9)19-2/h4-7,13,18H,3H2,1-2H3. The van der Waals surface area contributed by atoms with Crippen molar-refractivity contribution in [3.8, 4) is 5.75 Å². The number of benzene rings is 1. The Balaban J connectivity index is 2.50. The van der Waals surface area contributed by atoms with E-state index in [0.717, 1.165) is 26.5 Å². The molecule has 0 aliphatic heterocycles. The quantitative estimate of drug-likeness (QED) is 0.720. The van der Waals surface area contributed by atoms with E-state index in [1.165, 1.54) is 0 Å². The Labute approximate surface area is 141 Å². The molecule has 6 heteroatoms. The molecule has 0 bridgehead atoms. The number of thiophene rings is 1. The lowest BCUT2D eigenvalue weighted by atomic mass is 10.0. The Morgan fingerprint density at radius 3 is 2.65 bits per heavy atom. The molecule has 1 aromatic carbocycles. The van der Waals surface area contributed by atoms with Crippen molar-refractivity contribution in [2.45, 2.75) is 13.0 Å². The van der Waals surface area contributed by atoms with Crippen molar-refractivity contribution in [1.29, 1.82) is 0 Å². The zero-order chi connectivity index (χ0) is 14.7. The molecular weight excluding hydrogens is 381 g/mol. The van der Waals surface area contributed by atoms with E-state index in [1.54, 1.807) is 18.4 Å². The van der Waals surface area contributed by atoms with Crippen LogP contribution in [0.25, 0.3) is 0 Å². The molecule has 108 valence electrons. The largest absolute Gasteiger partial charge is 0.496 e. The normalized spacial score (nSPS) is 12.4. The van der Waals surface area contributed by atoms with Crippen molar-refractivity contribution < 1.29 is 4.74 Å². The molecule has 1 aromatic heterocycles. The van der Waals surface area contributed by atoms with Gasteiger partial charge in [0, 0.05) is 15.5 Å². The second-order valence-corrected chi connectivity index (χ2v) is 7.39. The number of hydrogen-bond donors (Lipinski definition) is 1. The smallest absolute Gasteiger partial charge is 0.124 e. The van der Waals surface area contributed by atoms with E-state index in [1.807, 2.05) is 24.3 Å². The fraction of sp³-hybridized carbons (Fsp3) is 0.286. The lowest BCUT2D eigenvalue weighted by Crippen LogP contribution is -2.21. The number of methoxy groups -OCH3 is 1. The molecule has 2 rings (SSSR count). The number of ether oxygens (including phenoxy) is 1. The second-order valence-electron chi connectivity index (χ2n) is 4.15. The van der Waals surface area contributed by atoms with Crippen LogP contribution < -0.4 is 10.1 Å². The van der Waals surface area contributed by atoms with Crippen LogP contribution >= 0.6 is 50.5 Å². The topological polar surface area (TPSA) is 21.3 Å². The van der Waals surface area contributed by atoms with Crippen molar-refractivity contribution in [2.75, 3.05) is 13.7 Å². The Morgan fingerprint density at radius 1 is 1.35 bits per heavy atom. The lowest BCUT2D eigenvalue weighted by Gasteiger charge is -2.20. The summed E-state index contributed by atoms with van der Waals surface area (Å²) in [6.45, 7) is 2.89. The first-order valence-electron chi connectivity index (χ1n) is 6.08. The monoisotopic (exact) mass is 393 g/mol. The first kappa shape index (κ1) is 16.1. The third-order valence-electron chi connectivity index (χ3n) is 2.86. The summed E-state index contributed by atoms with van der Waals surface area (Å²) < 4.78 is 6.38. The molecule has 1 heterocycles. The molecule has 0 saturated heterocycles. The summed E-state index contributed by atoms with van der Waals surface area (Å²) in [6, 6.07) is 7.60. The van der Waals surface area contributed by atoms with Crippen LogP contribution in [0.3, 0.4) is 0 Å². The number of hydrogen-bond acceptors (Lipinski definition) is 3. The van der Waals surface area contributed by atoms with E-state index < -0.39 is 0 Å². The molecule has 2 nitrogen and oxygen atoms in total. The molecule has 0 aliphatic rings. The van der Waals surface area contributed by atoms with Gasteiger partial charge in [-0.05, 0) is 46.7 Å². The highest BCUT2D eigenvalue weighted by molar-refractivity contribution is 9.11. The fourth-order valence-electron chi connectivity index (χ4n) is 2.00. The van der Waals surface area contributed by atoms with E-state index in [2.05, 4.69) is 28.2 Å². The van der Waals surface area contributed by atoms with Gasteiger partial charge in [0.25, 0.3) is 0 Å². The van der Waals surface area contributed by atoms with Crippen molar-refractivity contribution in [2.24, 2.45) is 0 Å². The molecule has 1 atom stereocenters. The minimum atomic E-state index is 0.00227. The van der Waals surface area contributed by atoms with Gasteiger partial charge in [-0.25, -0.2) is 0 Å². The summed E-state index contributed by atoms with van der Waals surface area (Å²) in [5, 5.41) is 4.85. The van der Waals surface area contributed by atoms with Gasteiger partial charge in [0.05, 0.1) is 22.0 Å². The van der Waals surface area contributed by atoms with Gasteiger partial charge in [0.15, 0.2) is 0 Å². The number of nitrogens with one attached hydrogen (secondary N) is 1. The van der Waals surface area contributed by atoms with E-state index in [4.69, 9.17) is 27.9 Å². The molecule has 0 fully saturated rings. The van der Waals surface area contributed by atoms with E-state index in [9.17, 15) is 0 Å². The molecule has 0 radical (unpaired) electrons. The average Bonchev–Trinajstić information content (AvgIpc) is 2.75. The van der Waals surface area contributed by atoms with Crippen molar-refractivity contribution >= 4 is 50.5 Å². The van der Waals surface area contributed by atoms with Crippen LogP contribution in [0.2, 0.25) is 10.0 Å². The van der Waals surface area contributed by atoms with E-state index >= 15 is 0 Å². The molecule has 0 saturated carbocycles. The van der Waals surface area contributed by atoms with Gasteiger partial charge in [-0.2, -0.15) is 0 Å². The highest BCUT2D eigenvalue weighted by atomic mass is 79.9. The van der Waals surface area contributed by atoms with Gasteiger partial charge in [-0.15, -0.1) is 11.3 Å². The summed E-state index contributed by atoms with van der Waals surface area (Å²) in [6.07, 6.45) is 0. The maximum atomic E-state index is 6.14. The van der Waals surface area contributed by atoms with Crippen molar-refractivity contribution in [3.05, 3.63) is 48.5 Å². The van der Waals surface area contributed by atoms with Crippen LogP contribution in [0.4, 0.5) is 0 Å². The molecule has 20 heavy (non-hydrogen) atoms.